The van der Waals surface area contributed by atoms with Gasteiger partial charge in [0.2, 0.25) is 0 Å². The van der Waals surface area contributed by atoms with E-state index in [9.17, 15) is 9.59 Å². The number of thiophene rings is 1. The van der Waals surface area contributed by atoms with Crippen LogP contribution in [0.2, 0.25) is 0 Å². The van der Waals surface area contributed by atoms with E-state index in [-0.39, 0.29) is 12.5 Å². The molecule has 1 rings (SSSR count). The predicted octanol–water partition coefficient (Wildman–Crippen LogP) is 1.69. The summed E-state index contributed by atoms with van der Waals surface area (Å²) in [5.74, 6) is -1.10. The Kier molecular flexibility index (Phi) is 6.24. The van der Waals surface area contributed by atoms with E-state index in [1.54, 1.807) is 17.0 Å². The molecule has 0 atom stereocenters. The number of carbonyl (C=O) groups is 2. The van der Waals surface area contributed by atoms with Crippen molar-refractivity contribution in [2.24, 2.45) is 0 Å². The number of carboxylic acids is 1. The molecule has 0 saturated heterocycles. The van der Waals surface area contributed by atoms with E-state index in [0.29, 0.717) is 24.4 Å². The topological polar surface area (TPSA) is 77.8 Å². The quantitative estimate of drug-likeness (QED) is 0.746. The molecule has 0 aromatic carbocycles. The Morgan fingerprint density at radius 3 is 2.74 bits per heavy atom. The number of hydrogen-bond acceptors (Lipinski definition) is 4. The highest BCUT2D eigenvalue weighted by Crippen LogP contribution is 2.19. The molecule has 0 fully saturated rings. The molecular formula is C13H17NO4S. The van der Waals surface area contributed by atoms with Crippen molar-refractivity contribution in [1.82, 2.24) is 4.90 Å². The molecule has 104 valence electrons. The molecule has 0 radical (unpaired) electrons. The molecule has 0 aliphatic heterocycles. The van der Waals surface area contributed by atoms with E-state index < -0.39 is 5.97 Å². The maximum Gasteiger partial charge on any atom is 0.328 e. The lowest BCUT2D eigenvalue weighted by atomic mass is 10.3. The molecule has 0 bridgehead atoms. The van der Waals surface area contributed by atoms with Gasteiger partial charge in [-0.1, -0.05) is 0 Å². The molecule has 2 N–H and O–H groups in total. The third kappa shape index (κ3) is 4.84. The zero-order chi connectivity index (χ0) is 14.3. The van der Waals surface area contributed by atoms with Gasteiger partial charge in [-0.05, 0) is 31.6 Å². The van der Waals surface area contributed by atoms with Gasteiger partial charge in [0.15, 0.2) is 0 Å². The van der Waals surface area contributed by atoms with Crippen molar-refractivity contribution in [2.45, 2.75) is 13.3 Å². The Balaban J connectivity index is 2.73. The van der Waals surface area contributed by atoms with Gasteiger partial charge in [-0.15, -0.1) is 11.3 Å². The number of carbonyl (C=O) groups excluding carboxylic acids is 1. The number of nitrogens with zero attached hydrogens (tertiary/aromatic N) is 1. The molecule has 5 nitrogen and oxygen atoms in total. The third-order valence-corrected chi connectivity index (χ3v) is 3.52. The molecule has 0 spiro atoms. The van der Waals surface area contributed by atoms with Crippen LogP contribution in [0.25, 0.3) is 6.08 Å². The molecule has 0 unspecified atom stereocenters. The lowest BCUT2D eigenvalue weighted by molar-refractivity contribution is -0.131. The highest BCUT2D eigenvalue weighted by Gasteiger charge is 2.15. The van der Waals surface area contributed by atoms with E-state index in [1.165, 1.54) is 17.4 Å². The van der Waals surface area contributed by atoms with Crippen molar-refractivity contribution in [3.05, 3.63) is 28.0 Å². The minimum atomic E-state index is -1.01. The van der Waals surface area contributed by atoms with E-state index in [4.69, 9.17) is 10.2 Å². The summed E-state index contributed by atoms with van der Waals surface area (Å²) in [6.45, 7) is 3.04. The molecule has 1 amide bonds. The second-order valence-corrected chi connectivity index (χ2v) is 4.95. The Morgan fingerprint density at radius 2 is 2.16 bits per heavy atom. The lowest BCUT2D eigenvalue weighted by Crippen LogP contribution is -2.31. The van der Waals surface area contributed by atoms with Gasteiger partial charge in [0.05, 0.1) is 4.88 Å². The van der Waals surface area contributed by atoms with Crippen molar-refractivity contribution < 1.29 is 19.8 Å². The predicted molar refractivity (Wildman–Crippen MR) is 74.3 cm³/mol. The van der Waals surface area contributed by atoms with Crippen LogP contribution in [0.3, 0.4) is 0 Å². The van der Waals surface area contributed by atoms with Crippen LogP contribution in [0, 0.1) is 0 Å². The Bertz CT molecular complexity index is 467. The fourth-order valence-corrected chi connectivity index (χ4v) is 2.41. The fraction of sp³-hybridized carbons (Fsp3) is 0.385. The molecule has 0 aliphatic rings. The summed E-state index contributed by atoms with van der Waals surface area (Å²) < 4.78 is 0. The molecule has 1 heterocycles. The molecule has 19 heavy (non-hydrogen) atoms. The summed E-state index contributed by atoms with van der Waals surface area (Å²) in [7, 11) is 0. The maximum absolute atomic E-state index is 12.1. The number of carboxylic acid groups (broad SMARTS) is 1. The van der Waals surface area contributed by atoms with Gasteiger partial charge in [0, 0.05) is 30.6 Å². The first kappa shape index (κ1) is 15.4. The highest BCUT2D eigenvalue weighted by molar-refractivity contribution is 7.14. The van der Waals surface area contributed by atoms with Gasteiger partial charge in [0.1, 0.15) is 0 Å². The Morgan fingerprint density at radius 1 is 1.42 bits per heavy atom. The molecule has 0 saturated carbocycles. The smallest absolute Gasteiger partial charge is 0.328 e. The summed E-state index contributed by atoms with van der Waals surface area (Å²) in [6, 6.07) is 3.41. The van der Waals surface area contributed by atoms with Gasteiger partial charge < -0.3 is 15.1 Å². The first-order chi connectivity index (χ1) is 9.08. The summed E-state index contributed by atoms with van der Waals surface area (Å²) in [4.78, 5) is 25.5. The highest BCUT2D eigenvalue weighted by atomic mass is 32.1. The van der Waals surface area contributed by atoms with Crippen molar-refractivity contribution in [2.75, 3.05) is 19.7 Å². The number of rotatable bonds is 7. The molecule has 0 aliphatic carbocycles. The summed E-state index contributed by atoms with van der Waals surface area (Å²) in [5, 5.41) is 17.3. The third-order valence-electron chi connectivity index (χ3n) is 2.48. The molecule has 6 heteroatoms. The van der Waals surface area contributed by atoms with Gasteiger partial charge >= 0.3 is 5.97 Å². The summed E-state index contributed by atoms with van der Waals surface area (Å²) in [6.07, 6.45) is 3.06. The molecular weight excluding hydrogens is 266 g/mol. The van der Waals surface area contributed by atoms with Crippen LogP contribution < -0.4 is 0 Å². The zero-order valence-electron chi connectivity index (χ0n) is 10.7. The largest absolute Gasteiger partial charge is 0.478 e. The van der Waals surface area contributed by atoms with Gasteiger partial charge in [-0.25, -0.2) is 4.79 Å². The number of aliphatic carboxylic acids is 1. The zero-order valence-corrected chi connectivity index (χ0v) is 11.5. The van der Waals surface area contributed by atoms with Crippen LogP contribution >= 0.6 is 11.3 Å². The normalized spacial score (nSPS) is 10.8. The molecule has 1 aromatic heterocycles. The van der Waals surface area contributed by atoms with E-state index in [2.05, 4.69) is 0 Å². The number of aliphatic hydroxyl groups is 1. The van der Waals surface area contributed by atoms with Crippen molar-refractivity contribution in [3.63, 3.8) is 0 Å². The van der Waals surface area contributed by atoms with E-state index in [1.807, 2.05) is 6.92 Å². The maximum atomic E-state index is 12.1. The van der Waals surface area contributed by atoms with Crippen LogP contribution in [0.4, 0.5) is 0 Å². The van der Waals surface area contributed by atoms with Crippen LogP contribution in [0.1, 0.15) is 27.9 Å². The summed E-state index contributed by atoms with van der Waals surface area (Å²) >= 11 is 1.26. The first-order valence-corrected chi connectivity index (χ1v) is 6.81. The van der Waals surface area contributed by atoms with Gasteiger partial charge in [-0.2, -0.15) is 0 Å². The number of aliphatic hydroxyl groups excluding tert-OH is 1. The van der Waals surface area contributed by atoms with Crippen molar-refractivity contribution in [3.8, 4) is 0 Å². The van der Waals surface area contributed by atoms with Crippen LogP contribution in [0.15, 0.2) is 18.2 Å². The summed E-state index contributed by atoms with van der Waals surface area (Å²) in [5.41, 5.74) is 0. The first-order valence-electron chi connectivity index (χ1n) is 5.99. The van der Waals surface area contributed by atoms with Crippen molar-refractivity contribution >= 4 is 29.3 Å². The average Bonchev–Trinajstić information content (AvgIpc) is 2.85. The Labute approximate surface area is 115 Å². The SMILES string of the molecule is CCN(CCCO)C(=O)c1ccc(/C=C/C(=O)O)s1. The van der Waals surface area contributed by atoms with Gasteiger partial charge in [-0.3, -0.25) is 4.79 Å². The minimum absolute atomic E-state index is 0.0564. The number of hydrogen-bond donors (Lipinski definition) is 2. The Hall–Kier alpha value is -1.66. The van der Waals surface area contributed by atoms with Gasteiger partial charge in [0.25, 0.3) is 5.91 Å². The monoisotopic (exact) mass is 283 g/mol. The van der Waals surface area contributed by atoms with Crippen molar-refractivity contribution in [1.29, 1.82) is 0 Å². The van der Waals surface area contributed by atoms with Crippen LogP contribution in [-0.2, 0) is 4.79 Å². The average molecular weight is 283 g/mol. The second kappa shape index (κ2) is 7.70. The molecule has 1 aromatic rings. The second-order valence-electron chi connectivity index (χ2n) is 3.84. The number of amides is 1. The van der Waals surface area contributed by atoms with Crippen LogP contribution in [-0.4, -0.2) is 46.7 Å². The van der Waals surface area contributed by atoms with E-state index in [0.717, 1.165) is 11.0 Å². The minimum Gasteiger partial charge on any atom is -0.478 e. The fourth-order valence-electron chi connectivity index (χ4n) is 1.53. The van der Waals surface area contributed by atoms with Crippen LogP contribution in [0.5, 0.6) is 0 Å². The van der Waals surface area contributed by atoms with E-state index >= 15 is 0 Å². The lowest BCUT2D eigenvalue weighted by Gasteiger charge is -2.19. The standard InChI is InChI=1S/C13H17NO4S/c1-2-14(8-3-9-15)13(18)11-6-4-10(19-11)5-7-12(16)17/h4-7,15H,2-3,8-9H2,1H3,(H,16,17)/b7-5+.